The molecule has 0 N–H and O–H groups in total. The molecular formula is C24H26FNO2. The van der Waals surface area contributed by atoms with Crippen molar-refractivity contribution in [1.29, 1.82) is 0 Å². The standard InChI is InChI=1S/C24H26FNO2/c1-2-3-4-11-21-23(17-8-7-9-18(25)15-17)20-10-5-6-12-22(20)26-24(21)28-19-13-14-27-16-19/h7-9,15,19H,2-3,5-6,10,12-14,16H2,1H3. The summed E-state index contributed by atoms with van der Waals surface area (Å²) in [6, 6.07) is 6.79. The summed E-state index contributed by atoms with van der Waals surface area (Å²) in [6.07, 6.45) is 6.78. The Bertz CT molecular complexity index is 907. The molecule has 0 saturated carbocycles. The van der Waals surface area contributed by atoms with Crippen LogP contribution in [0.25, 0.3) is 11.1 Å². The lowest BCUT2D eigenvalue weighted by atomic mass is 9.86. The number of ether oxygens (including phenoxy) is 2. The first-order chi connectivity index (χ1) is 13.8. The Morgan fingerprint density at radius 1 is 1.29 bits per heavy atom. The van der Waals surface area contributed by atoms with E-state index in [1.54, 1.807) is 12.1 Å². The summed E-state index contributed by atoms with van der Waals surface area (Å²) in [5, 5.41) is 0. The average molecular weight is 379 g/mol. The van der Waals surface area contributed by atoms with E-state index in [9.17, 15) is 4.39 Å². The second kappa shape index (κ2) is 8.75. The molecule has 1 aromatic carbocycles. The molecule has 146 valence electrons. The molecule has 0 bridgehead atoms. The van der Waals surface area contributed by atoms with Crippen LogP contribution in [0.5, 0.6) is 5.88 Å². The highest BCUT2D eigenvalue weighted by molar-refractivity contribution is 5.77. The number of pyridine rings is 1. The first-order valence-electron chi connectivity index (χ1n) is 10.3. The maximum atomic E-state index is 14.1. The van der Waals surface area contributed by atoms with Crippen LogP contribution in [0.2, 0.25) is 0 Å². The number of aromatic nitrogens is 1. The van der Waals surface area contributed by atoms with Gasteiger partial charge in [0.1, 0.15) is 11.9 Å². The van der Waals surface area contributed by atoms with Crippen molar-refractivity contribution in [1.82, 2.24) is 4.98 Å². The van der Waals surface area contributed by atoms with E-state index < -0.39 is 0 Å². The van der Waals surface area contributed by atoms with Crippen LogP contribution in [-0.2, 0) is 17.6 Å². The molecule has 0 amide bonds. The van der Waals surface area contributed by atoms with Crippen LogP contribution in [0.15, 0.2) is 24.3 Å². The van der Waals surface area contributed by atoms with Gasteiger partial charge in [-0.15, -0.1) is 0 Å². The number of nitrogens with zero attached hydrogens (tertiary/aromatic N) is 1. The fourth-order valence-electron chi connectivity index (χ4n) is 3.92. The van der Waals surface area contributed by atoms with Crippen molar-refractivity contribution in [3.05, 3.63) is 46.9 Å². The molecule has 1 fully saturated rings. The fraction of sp³-hybridized carbons (Fsp3) is 0.458. The van der Waals surface area contributed by atoms with E-state index in [4.69, 9.17) is 14.5 Å². The van der Waals surface area contributed by atoms with E-state index >= 15 is 0 Å². The van der Waals surface area contributed by atoms with Gasteiger partial charge in [0.15, 0.2) is 0 Å². The molecule has 4 rings (SSSR count). The fourth-order valence-corrected chi connectivity index (χ4v) is 3.92. The number of hydrogen-bond donors (Lipinski definition) is 0. The molecule has 1 aliphatic carbocycles. The van der Waals surface area contributed by atoms with Crippen LogP contribution >= 0.6 is 0 Å². The van der Waals surface area contributed by atoms with Crippen molar-refractivity contribution < 1.29 is 13.9 Å². The Labute approximate surface area is 166 Å². The molecule has 1 aliphatic heterocycles. The van der Waals surface area contributed by atoms with Crippen LogP contribution in [-0.4, -0.2) is 24.3 Å². The van der Waals surface area contributed by atoms with Crippen molar-refractivity contribution in [3.63, 3.8) is 0 Å². The van der Waals surface area contributed by atoms with Gasteiger partial charge in [0.25, 0.3) is 0 Å². The molecule has 1 unspecified atom stereocenters. The lowest BCUT2D eigenvalue weighted by Gasteiger charge is -2.23. The molecule has 4 heteroatoms. The van der Waals surface area contributed by atoms with Gasteiger partial charge in [-0.25, -0.2) is 9.37 Å². The zero-order valence-electron chi connectivity index (χ0n) is 16.4. The SMILES string of the molecule is CCCC#Cc1c(OC2CCOC2)nc2c(c1-c1cccc(F)c1)CCCC2. The number of halogens is 1. The molecule has 1 atom stereocenters. The van der Waals surface area contributed by atoms with Crippen molar-refractivity contribution in [2.45, 2.75) is 58.0 Å². The van der Waals surface area contributed by atoms with E-state index in [1.165, 1.54) is 11.6 Å². The number of aryl methyl sites for hydroxylation is 1. The summed E-state index contributed by atoms with van der Waals surface area (Å²) in [5.74, 6) is 6.92. The highest BCUT2D eigenvalue weighted by atomic mass is 19.1. The number of hydrogen-bond acceptors (Lipinski definition) is 3. The van der Waals surface area contributed by atoms with Gasteiger partial charge in [0.2, 0.25) is 5.88 Å². The number of rotatable bonds is 4. The molecular weight excluding hydrogens is 353 g/mol. The van der Waals surface area contributed by atoms with Crippen LogP contribution in [0.4, 0.5) is 4.39 Å². The Morgan fingerprint density at radius 2 is 2.18 bits per heavy atom. The Balaban J connectivity index is 1.90. The third-order valence-electron chi connectivity index (χ3n) is 5.31. The van der Waals surface area contributed by atoms with Gasteiger partial charge in [-0.1, -0.05) is 30.9 Å². The van der Waals surface area contributed by atoms with Gasteiger partial charge < -0.3 is 9.47 Å². The second-order valence-electron chi connectivity index (χ2n) is 7.46. The van der Waals surface area contributed by atoms with Gasteiger partial charge in [0.05, 0.1) is 18.8 Å². The zero-order valence-corrected chi connectivity index (χ0v) is 16.4. The number of unbranched alkanes of at least 4 members (excludes halogenated alkanes) is 1. The molecule has 3 nitrogen and oxygen atoms in total. The van der Waals surface area contributed by atoms with Crippen molar-refractivity contribution in [2.75, 3.05) is 13.2 Å². The predicted molar refractivity (Wildman–Crippen MR) is 108 cm³/mol. The van der Waals surface area contributed by atoms with Crippen molar-refractivity contribution in [3.8, 4) is 28.8 Å². The maximum absolute atomic E-state index is 14.1. The van der Waals surface area contributed by atoms with Crippen LogP contribution in [0.3, 0.4) is 0 Å². The Morgan fingerprint density at radius 3 is 2.96 bits per heavy atom. The number of fused-ring (bicyclic) bond motifs is 1. The van der Waals surface area contributed by atoms with Crippen molar-refractivity contribution in [2.24, 2.45) is 0 Å². The minimum atomic E-state index is -0.238. The predicted octanol–water partition coefficient (Wildman–Crippen LogP) is 5.09. The first kappa shape index (κ1) is 19.0. The van der Waals surface area contributed by atoms with E-state index in [0.29, 0.717) is 19.1 Å². The summed E-state index contributed by atoms with van der Waals surface area (Å²) < 4.78 is 25.8. The first-order valence-corrected chi connectivity index (χ1v) is 10.3. The molecule has 0 radical (unpaired) electrons. The summed E-state index contributed by atoms with van der Waals surface area (Å²) >= 11 is 0. The highest BCUT2D eigenvalue weighted by Gasteiger charge is 2.26. The maximum Gasteiger partial charge on any atom is 0.230 e. The minimum Gasteiger partial charge on any atom is -0.471 e. The van der Waals surface area contributed by atoms with Crippen molar-refractivity contribution >= 4 is 0 Å². The smallest absolute Gasteiger partial charge is 0.230 e. The summed E-state index contributed by atoms with van der Waals surface area (Å²) in [7, 11) is 0. The number of benzene rings is 1. The van der Waals surface area contributed by atoms with Gasteiger partial charge in [-0.3, -0.25) is 0 Å². The van der Waals surface area contributed by atoms with Gasteiger partial charge >= 0.3 is 0 Å². The molecule has 0 spiro atoms. The summed E-state index contributed by atoms with van der Waals surface area (Å²) in [6.45, 7) is 3.40. The molecule has 28 heavy (non-hydrogen) atoms. The largest absolute Gasteiger partial charge is 0.471 e. The van der Waals surface area contributed by atoms with Gasteiger partial charge in [-0.2, -0.15) is 0 Å². The second-order valence-corrected chi connectivity index (χ2v) is 7.46. The lowest BCUT2D eigenvalue weighted by molar-refractivity contribution is 0.137. The van der Waals surface area contributed by atoms with E-state index in [0.717, 1.165) is 67.3 Å². The molecule has 2 aromatic rings. The third kappa shape index (κ3) is 4.05. The third-order valence-corrected chi connectivity index (χ3v) is 5.31. The average Bonchev–Trinajstić information content (AvgIpc) is 3.21. The minimum absolute atomic E-state index is 0.00113. The van der Waals surface area contributed by atoms with Gasteiger partial charge in [-0.05, 0) is 55.4 Å². The van der Waals surface area contributed by atoms with Crippen LogP contribution < -0.4 is 4.74 Å². The molecule has 1 aromatic heterocycles. The topological polar surface area (TPSA) is 31.4 Å². The van der Waals surface area contributed by atoms with Crippen LogP contribution in [0, 0.1) is 17.7 Å². The molecule has 2 aliphatic rings. The Kier molecular flexibility index (Phi) is 5.92. The summed E-state index contributed by atoms with van der Waals surface area (Å²) in [5.41, 5.74) is 4.93. The monoisotopic (exact) mass is 379 g/mol. The summed E-state index contributed by atoms with van der Waals surface area (Å²) in [4.78, 5) is 4.89. The normalized spacial score (nSPS) is 18.3. The zero-order chi connectivity index (χ0) is 19.3. The van der Waals surface area contributed by atoms with E-state index in [2.05, 4.69) is 18.8 Å². The molecule has 1 saturated heterocycles. The highest BCUT2D eigenvalue weighted by Crippen LogP contribution is 2.38. The van der Waals surface area contributed by atoms with E-state index in [1.807, 2.05) is 6.07 Å². The Hall–Kier alpha value is -2.38. The van der Waals surface area contributed by atoms with Gasteiger partial charge in [0, 0.05) is 24.1 Å². The lowest BCUT2D eigenvalue weighted by Crippen LogP contribution is -2.19. The van der Waals surface area contributed by atoms with E-state index in [-0.39, 0.29) is 11.9 Å². The van der Waals surface area contributed by atoms with Crippen LogP contribution in [0.1, 0.15) is 55.8 Å². The quantitative estimate of drug-likeness (QED) is 0.694. The molecule has 2 heterocycles.